The molecular weight excluding hydrogens is 276 g/mol. The molecule has 2 atom stereocenters. The maximum Gasteiger partial charge on any atom is -0.0164 e. The van der Waals surface area contributed by atoms with Gasteiger partial charge in [0.05, 0.1) is 0 Å². The Kier molecular flexibility index (Phi) is 12.1. The van der Waals surface area contributed by atoms with Crippen molar-refractivity contribution in [2.45, 2.75) is 60.3 Å². The summed E-state index contributed by atoms with van der Waals surface area (Å²) in [5, 5.41) is 0. The highest BCUT2D eigenvalue weighted by molar-refractivity contribution is 5.51. The van der Waals surface area contributed by atoms with Gasteiger partial charge in [0.15, 0.2) is 0 Å². The Morgan fingerprint density at radius 1 is 1.17 bits per heavy atom. The molecule has 0 heterocycles. The summed E-state index contributed by atoms with van der Waals surface area (Å²) in [6.07, 6.45) is 19.8. The second kappa shape index (κ2) is 12.9. The minimum atomic E-state index is 1.03. The average molecular weight is 313 g/mol. The highest BCUT2D eigenvalue weighted by atomic mass is 14.3. The van der Waals surface area contributed by atoms with E-state index >= 15 is 0 Å². The summed E-state index contributed by atoms with van der Waals surface area (Å²) < 4.78 is 0. The Labute approximate surface area is 145 Å². The molecule has 0 aromatic rings. The van der Waals surface area contributed by atoms with Crippen molar-refractivity contribution in [1.29, 1.82) is 0 Å². The van der Waals surface area contributed by atoms with E-state index in [2.05, 4.69) is 39.2 Å². The van der Waals surface area contributed by atoms with Crippen LogP contribution in [-0.4, -0.2) is 0 Å². The van der Waals surface area contributed by atoms with Crippen LogP contribution in [0, 0.1) is 11.8 Å². The lowest BCUT2D eigenvalue weighted by Crippen LogP contribution is -2.00. The molecular formula is C23H36. The molecule has 1 saturated carbocycles. The van der Waals surface area contributed by atoms with Crippen LogP contribution in [0.1, 0.15) is 60.3 Å². The van der Waals surface area contributed by atoms with Crippen LogP contribution in [0.5, 0.6) is 0 Å². The van der Waals surface area contributed by atoms with E-state index in [0.29, 0.717) is 0 Å². The molecule has 0 aliphatic heterocycles. The normalized spacial score (nSPS) is 22.3. The van der Waals surface area contributed by atoms with Crippen LogP contribution in [0.15, 0.2) is 72.4 Å². The molecule has 0 radical (unpaired) electrons. The molecule has 23 heavy (non-hydrogen) atoms. The SMILES string of the molecule is C=C\C=C/C(=C\C)C(=C/C=C\C)/C(=C)C.CCC1CCCC1C. The lowest BCUT2D eigenvalue weighted by Gasteiger charge is -2.10. The van der Waals surface area contributed by atoms with Crippen LogP contribution >= 0.6 is 0 Å². The maximum absolute atomic E-state index is 3.98. The molecule has 0 amide bonds. The second-order valence-corrected chi connectivity index (χ2v) is 6.30. The van der Waals surface area contributed by atoms with Gasteiger partial charge in [-0.2, -0.15) is 0 Å². The van der Waals surface area contributed by atoms with Crippen molar-refractivity contribution in [3.63, 3.8) is 0 Å². The van der Waals surface area contributed by atoms with Gasteiger partial charge < -0.3 is 0 Å². The molecule has 1 rings (SSSR count). The highest BCUT2D eigenvalue weighted by Crippen LogP contribution is 2.32. The van der Waals surface area contributed by atoms with Crippen LogP contribution in [0.2, 0.25) is 0 Å². The third kappa shape index (κ3) is 8.59. The molecule has 1 aliphatic carbocycles. The molecule has 1 fully saturated rings. The van der Waals surface area contributed by atoms with Crippen LogP contribution < -0.4 is 0 Å². The fourth-order valence-electron chi connectivity index (χ4n) is 3.02. The minimum absolute atomic E-state index is 1.03. The molecule has 0 spiro atoms. The quantitative estimate of drug-likeness (QED) is 0.443. The molecule has 2 unspecified atom stereocenters. The van der Waals surface area contributed by atoms with Gasteiger partial charge in [0.1, 0.15) is 0 Å². The average Bonchev–Trinajstić information content (AvgIpc) is 2.96. The molecule has 128 valence electrons. The van der Waals surface area contributed by atoms with Crippen molar-refractivity contribution in [1.82, 2.24) is 0 Å². The molecule has 0 bridgehead atoms. The summed E-state index contributed by atoms with van der Waals surface area (Å²) in [6.45, 7) is 18.4. The summed E-state index contributed by atoms with van der Waals surface area (Å²) >= 11 is 0. The topological polar surface area (TPSA) is 0 Å². The smallest absolute Gasteiger partial charge is 0.0164 e. The fraction of sp³-hybridized carbons (Fsp3) is 0.478. The molecule has 0 saturated heterocycles. The fourth-order valence-corrected chi connectivity index (χ4v) is 3.02. The maximum atomic E-state index is 3.98. The van der Waals surface area contributed by atoms with Gasteiger partial charge in [0.25, 0.3) is 0 Å². The Balaban J connectivity index is 0.000000502. The van der Waals surface area contributed by atoms with Crippen molar-refractivity contribution >= 4 is 0 Å². The monoisotopic (exact) mass is 312 g/mol. The van der Waals surface area contributed by atoms with Gasteiger partial charge in [0, 0.05) is 0 Å². The number of hydrogen-bond acceptors (Lipinski definition) is 0. The summed E-state index contributed by atoms with van der Waals surface area (Å²) in [5.41, 5.74) is 3.39. The lowest BCUT2D eigenvalue weighted by molar-refractivity contribution is 0.407. The van der Waals surface area contributed by atoms with Gasteiger partial charge in [-0.1, -0.05) is 101 Å². The molecule has 0 aromatic carbocycles. The lowest BCUT2D eigenvalue weighted by atomic mass is 9.96. The number of allylic oxidation sites excluding steroid dienone is 10. The summed E-state index contributed by atoms with van der Waals surface area (Å²) in [6, 6.07) is 0. The van der Waals surface area contributed by atoms with E-state index in [9.17, 15) is 0 Å². The summed E-state index contributed by atoms with van der Waals surface area (Å²) in [7, 11) is 0. The molecule has 0 nitrogen and oxygen atoms in total. The van der Waals surface area contributed by atoms with Crippen molar-refractivity contribution in [3.8, 4) is 0 Å². The van der Waals surface area contributed by atoms with Crippen LogP contribution in [0.3, 0.4) is 0 Å². The zero-order chi connectivity index (χ0) is 17.7. The molecule has 0 heteroatoms. The Bertz CT molecular complexity index is 468. The molecule has 0 aromatic heterocycles. The van der Waals surface area contributed by atoms with Gasteiger partial charge in [-0.25, -0.2) is 0 Å². The zero-order valence-corrected chi connectivity index (χ0v) is 15.9. The van der Waals surface area contributed by atoms with Crippen molar-refractivity contribution in [2.24, 2.45) is 11.8 Å². The van der Waals surface area contributed by atoms with Gasteiger partial charge in [-0.05, 0) is 43.8 Å². The van der Waals surface area contributed by atoms with E-state index in [4.69, 9.17) is 0 Å². The first-order chi connectivity index (χ1) is 11.0. The van der Waals surface area contributed by atoms with E-state index in [-0.39, 0.29) is 0 Å². The third-order valence-corrected chi connectivity index (χ3v) is 4.51. The van der Waals surface area contributed by atoms with Gasteiger partial charge in [-0.15, -0.1) is 0 Å². The first-order valence-electron chi connectivity index (χ1n) is 8.96. The third-order valence-electron chi connectivity index (χ3n) is 4.51. The van der Waals surface area contributed by atoms with Gasteiger partial charge >= 0.3 is 0 Å². The first-order valence-corrected chi connectivity index (χ1v) is 8.96. The summed E-state index contributed by atoms with van der Waals surface area (Å²) in [4.78, 5) is 0. The molecule has 0 N–H and O–H groups in total. The van der Waals surface area contributed by atoms with Gasteiger partial charge in [0.2, 0.25) is 0 Å². The first kappa shape index (κ1) is 21.4. The van der Waals surface area contributed by atoms with E-state index in [1.165, 1.54) is 31.3 Å². The Hall–Kier alpha value is -1.56. The Morgan fingerprint density at radius 3 is 2.22 bits per heavy atom. The summed E-state index contributed by atoms with van der Waals surface area (Å²) in [5.74, 6) is 2.09. The van der Waals surface area contributed by atoms with Crippen molar-refractivity contribution in [2.75, 3.05) is 0 Å². The standard InChI is InChI=1S/C15H20.C8H16/c1-6-9-11-14(8-3)15(13(4)5)12-10-7-2;1-3-8-6-4-5-7(8)2/h6-12H,1,4H2,2-3,5H3;7-8H,3-6H2,1-2H3/b10-7-,11-9-,14-8+,15-12+;. The van der Waals surface area contributed by atoms with Gasteiger partial charge in [-0.3, -0.25) is 0 Å². The zero-order valence-electron chi connectivity index (χ0n) is 15.9. The minimum Gasteiger partial charge on any atom is -0.0991 e. The number of hydrogen-bond donors (Lipinski definition) is 0. The predicted molar refractivity (Wildman–Crippen MR) is 108 cm³/mol. The molecule has 1 aliphatic rings. The van der Waals surface area contributed by atoms with Crippen LogP contribution in [0.4, 0.5) is 0 Å². The highest BCUT2D eigenvalue weighted by Gasteiger charge is 2.20. The van der Waals surface area contributed by atoms with Crippen LogP contribution in [0.25, 0.3) is 0 Å². The van der Waals surface area contributed by atoms with E-state index < -0.39 is 0 Å². The predicted octanol–water partition coefficient (Wildman–Crippen LogP) is 7.59. The van der Waals surface area contributed by atoms with E-state index in [1.54, 1.807) is 6.08 Å². The van der Waals surface area contributed by atoms with Crippen LogP contribution in [-0.2, 0) is 0 Å². The second-order valence-electron chi connectivity index (χ2n) is 6.30. The van der Waals surface area contributed by atoms with E-state index in [0.717, 1.165) is 23.0 Å². The largest absolute Gasteiger partial charge is 0.0991 e. The van der Waals surface area contributed by atoms with Crippen molar-refractivity contribution < 1.29 is 0 Å². The number of rotatable bonds is 6. The van der Waals surface area contributed by atoms with E-state index in [1.807, 2.05) is 45.1 Å². The van der Waals surface area contributed by atoms with Crippen molar-refractivity contribution in [3.05, 3.63) is 72.4 Å². The Morgan fingerprint density at radius 2 is 1.87 bits per heavy atom.